The SMILES string of the molecule is Cc1cc(NCc2ccccc2CN(C)C)n2ncnc2n1. The molecule has 0 spiro atoms. The number of hydrogen-bond acceptors (Lipinski definition) is 5. The van der Waals surface area contributed by atoms with E-state index in [9.17, 15) is 0 Å². The van der Waals surface area contributed by atoms with E-state index in [1.807, 2.05) is 13.0 Å². The fraction of sp³-hybridized carbons (Fsp3) is 0.312. The van der Waals surface area contributed by atoms with Crippen LogP contribution in [-0.4, -0.2) is 38.6 Å². The standard InChI is InChI=1S/C16H20N6/c1-12-8-15(22-16(20-12)18-11-19-22)17-9-13-6-4-5-7-14(13)10-21(2)3/h4-8,11,17H,9-10H2,1-3H3. The molecule has 3 aromatic rings. The topological polar surface area (TPSA) is 58.4 Å². The van der Waals surface area contributed by atoms with Gasteiger partial charge in [-0.15, -0.1) is 0 Å². The van der Waals surface area contributed by atoms with E-state index >= 15 is 0 Å². The molecule has 0 saturated carbocycles. The van der Waals surface area contributed by atoms with Gasteiger partial charge in [-0.05, 0) is 32.1 Å². The Morgan fingerprint density at radius 1 is 1.18 bits per heavy atom. The molecule has 6 nitrogen and oxygen atoms in total. The van der Waals surface area contributed by atoms with Gasteiger partial charge in [0, 0.05) is 24.8 Å². The Balaban J connectivity index is 1.84. The number of anilines is 1. The van der Waals surface area contributed by atoms with Crippen LogP contribution in [0.2, 0.25) is 0 Å². The van der Waals surface area contributed by atoms with E-state index in [4.69, 9.17) is 0 Å². The van der Waals surface area contributed by atoms with Crippen LogP contribution in [0.25, 0.3) is 5.78 Å². The van der Waals surface area contributed by atoms with Crippen molar-refractivity contribution < 1.29 is 0 Å². The molecular weight excluding hydrogens is 276 g/mol. The quantitative estimate of drug-likeness (QED) is 0.781. The Labute approximate surface area is 129 Å². The molecule has 0 fully saturated rings. The molecule has 114 valence electrons. The van der Waals surface area contributed by atoms with Gasteiger partial charge in [0.1, 0.15) is 12.1 Å². The number of hydrogen-bond donors (Lipinski definition) is 1. The van der Waals surface area contributed by atoms with Crippen LogP contribution in [0.15, 0.2) is 36.7 Å². The molecule has 2 aromatic heterocycles. The van der Waals surface area contributed by atoms with Gasteiger partial charge in [-0.25, -0.2) is 4.98 Å². The molecule has 0 unspecified atom stereocenters. The Kier molecular flexibility index (Phi) is 4.02. The number of aromatic nitrogens is 4. The second-order valence-corrected chi connectivity index (χ2v) is 5.61. The lowest BCUT2D eigenvalue weighted by molar-refractivity contribution is 0.401. The predicted octanol–water partition coefficient (Wildman–Crippen LogP) is 2.11. The normalized spacial score (nSPS) is 11.3. The van der Waals surface area contributed by atoms with Gasteiger partial charge in [0.25, 0.3) is 5.78 Å². The van der Waals surface area contributed by atoms with Gasteiger partial charge in [0.15, 0.2) is 0 Å². The summed E-state index contributed by atoms with van der Waals surface area (Å²) < 4.78 is 1.72. The minimum atomic E-state index is 0.615. The summed E-state index contributed by atoms with van der Waals surface area (Å²) >= 11 is 0. The van der Waals surface area contributed by atoms with Gasteiger partial charge in [0.05, 0.1) is 0 Å². The second kappa shape index (κ2) is 6.11. The molecule has 0 aliphatic heterocycles. The highest BCUT2D eigenvalue weighted by Crippen LogP contribution is 2.15. The van der Waals surface area contributed by atoms with Crippen LogP contribution >= 0.6 is 0 Å². The Bertz CT molecular complexity index is 777. The van der Waals surface area contributed by atoms with Crippen molar-refractivity contribution >= 4 is 11.6 Å². The largest absolute Gasteiger partial charge is 0.366 e. The second-order valence-electron chi connectivity index (χ2n) is 5.61. The molecule has 0 radical (unpaired) electrons. The molecule has 1 aromatic carbocycles. The summed E-state index contributed by atoms with van der Waals surface area (Å²) in [5.74, 6) is 1.52. The van der Waals surface area contributed by atoms with Crippen molar-refractivity contribution in [2.24, 2.45) is 0 Å². The van der Waals surface area contributed by atoms with Crippen molar-refractivity contribution in [3.05, 3.63) is 53.5 Å². The Morgan fingerprint density at radius 2 is 1.95 bits per heavy atom. The number of nitrogens with zero attached hydrogens (tertiary/aromatic N) is 5. The van der Waals surface area contributed by atoms with Crippen LogP contribution in [0.5, 0.6) is 0 Å². The molecule has 3 rings (SSSR count). The predicted molar refractivity (Wildman–Crippen MR) is 86.7 cm³/mol. The van der Waals surface area contributed by atoms with Gasteiger partial charge in [-0.3, -0.25) is 0 Å². The van der Waals surface area contributed by atoms with Crippen molar-refractivity contribution in [3.8, 4) is 0 Å². The lowest BCUT2D eigenvalue weighted by Crippen LogP contribution is -2.14. The first-order valence-corrected chi connectivity index (χ1v) is 7.26. The fourth-order valence-electron chi connectivity index (χ4n) is 2.47. The summed E-state index contributed by atoms with van der Waals surface area (Å²) in [6.45, 7) is 3.62. The smallest absolute Gasteiger partial charge is 0.254 e. The van der Waals surface area contributed by atoms with Gasteiger partial charge in [-0.1, -0.05) is 24.3 Å². The highest BCUT2D eigenvalue weighted by atomic mass is 15.3. The monoisotopic (exact) mass is 296 g/mol. The first-order chi connectivity index (χ1) is 10.6. The van der Waals surface area contributed by atoms with Crippen molar-refractivity contribution in [1.82, 2.24) is 24.5 Å². The molecule has 22 heavy (non-hydrogen) atoms. The van der Waals surface area contributed by atoms with Crippen LogP contribution < -0.4 is 5.32 Å². The Morgan fingerprint density at radius 3 is 2.73 bits per heavy atom. The van der Waals surface area contributed by atoms with Crippen molar-refractivity contribution in [2.75, 3.05) is 19.4 Å². The lowest BCUT2D eigenvalue weighted by atomic mass is 10.1. The van der Waals surface area contributed by atoms with E-state index in [1.54, 1.807) is 4.52 Å². The molecule has 0 aliphatic rings. The number of benzene rings is 1. The zero-order valence-electron chi connectivity index (χ0n) is 13.1. The van der Waals surface area contributed by atoms with Crippen LogP contribution in [-0.2, 0) is 13.1 Å². The summed E-state index contributed by atoms with van der Waals surface area (Å²) in [6, 6.07) is 10.4. The molecule has 0 bridgehead atoms. The lowest BCUT2D eigenvalue weighted by Gasteiger charge is -2.15. The Hall–Kier alpha value is -2.47. The summed E-state index contributed by atoms with van der Waals surface area (Å²) in [4.78, 5) is 10.7. The number of aryl methyl sites for hydroxylation is 1. The van der Waals surface area contributed by atoms with Crippen molar-refractivity contribution in [2.45, 2.75) is 20.0 Å². The molecule has 0 amide bonds. The first kappa shape index (κ1) is 14.5. The van der Waals surface area contributed by atoms with Crippen LogP contribution in [0.1, 0.15) is 16.8 Å². The fourth-order valence-corrected chi connectivity index (χ4v) is 2.47. The summed E-state index contributed by atoms with van der Waals surface area (Å²) in [6.07, 6.45) is 1.52. The summed E-state index contributed by atoms with van der Waals surface area (Å²) in [5.41, 5.74) is 3.52. The van der Waals surface area contributed by atoms with Gasteiger partial charge < -0.3 is 10.2 Å². The molecule has 0 atom stereocenters. The highest BCUT2D eigenvalue weighted by molar-refractivity contribution is 5.45. The maximum Gasteiger partial charge on any atom is 0.254 e. The molecule has 1 N–H and O–H groups in total. The average Bonchev–Trinajstić information content (AvgIpc) is 2.93. The number of rotatable bonds is 5. The summed E-state index contributed by atoms with van der Waals surface area (Å²) in [5, 5.41) is 7.66. The minimum Gasteiger partial charge on any atom is -0.366 e. The number of nitrogens with one attached hydrogen (secondary N) is 1. The van der Waals surface area contributed by atoms with E-state index in [1.165, 1.54) is 17.5 Å². The molecule has 0 aliphatic carbocycles. The third-order valence-corrected chi connectivity index (χ3v) is 3.44. The van der Waals surface area contributed by atoms with Crippen molar-refractivity contribution in [3.63, 3.8) is 0 Å². The van der Waals surface area contributed by atoms with E-state index in [2.05, 4.69) is 63.6 Å². The maximum absolute atomic E-state index is 4.35. The van der Waals surface area contributed by atoms with Crippen LogP contribution in [0, 0.1) is 6.92 Å². The van der Waals surface area contributed by atoms with E-state index in [0.29, 0.717) is 5.78 Å². The highest BCUT2D eigenvalue weighted by Gasteiger charge is 2.07. The summed E-state index contributed by atoms with van der Waals surface area (Å²) in [7, 11) is 4.16. The third-order valence-electron chi connectivity index (χ3n) is 3.44. The maximum atomic E-state index is 4.35. The molecule has 6 heteroatoms. The van der Waals surface area contributed by atoms with Crippen molar-refractivity contribution in [1.29, 1.82) is 0 Å². The van der Waals surface area contributed by atoms with E-state index in [-0.39, 0.29) is 0 Å². The van der Waals surface area contributed by atoms with Gasteiger partial charge in [0.2, 0.25) is 0 Å². The molecular formula is C16H20N6. The first-order valence-electron chi connectivity index (χ1n) is 7.26. The van der Waals surface area contributed by atoms with Gasteiger partial charge in [-0.2, -0.15) is 14.6 Å². The number of fused-ring (bicyclic) bond motifs is 1. The zero-order chi connectivity index (χ0) is 15.5. The van der Waals surface area contributed by atoms with E-state index < -0.39 is 0 Å². The zero-order valence-corrected chi connectivity index (χ0v) is 13.1. The average molecular weight is 296 g/mol. The van der Waals surface area contributed by atoms with E-state index in [0.717, 1.165) is 24.6 Å². The van der Waals surface area contributed by atoms with Crippen LogP contribution in [0.4, 0.5) is 5.82 Å². The van der Waals surface area contributed by atoms with Gasteiger partial charge >= 0.3 is 0 Å². The molecule has 0 saturated heterocycles. The minimum absolute atomic E-state index is 0.615. The third kappa shape index (κ3) is 3.07. The molecule has 2 heterocycles. The van der Waals surface area contributed by atoms with Crippen LogP contribution in [0.3, 0.4) is 0 Å².